The van der Waals surface area contributed by atoms with Crippen molar-refractivity contribution >= 4 is 34.8 Å². The Kier molecular flexibility index (Phi) is 5.78. The van der Waals surface area contributed by atoms with Crippen molar-refractivity contribution in [1.29, 1.82) is 0 Å². The molecule has 1 aromatic heterocycles. The van der Waals surface area contributed by atoms with Gasteiger partial charge in [-0.05, 0) is 36.8 Å². The van der Waals surface area contributed by atoms with Crippen molar-refractivity contribution in [2.24, 2.45) is 0 Å². The van der Waals surface area contributed by atoms with E-state index in [1.165, 1.54) is 13.3 Å². The minimum Gasteiger partial charge on any atom is -0.366 e. The number of hydrogen-bond donors (Lipinski definition) is 2. The minimum atomic E-state index is -0.382. The Hall–Kier alpha value is -3.25. The maximum absolute atomic E-state index is 12.4. The molecule has 0 aliphatic rings. The Morgan fingerprint density at radius 1 is 1.04 bits per heavy atom. The van der Waals surface area contributed by atoms with Crippen molar-refractivity contribution in [2.75, 3.05) is 10.6 Å². The maximum atomic E-state index is 12.4. The predicted molar refractivity (Wildman–Crippen MR) is 105 cm³/mol. The Balaban J connectivity index is 1.67. The van der Waals surface area contributed by atoms with Gasteiger partial charge in [0, 0.05) is 28.9 Å². The molecular weight excluding hydrogens is 364 g/mol. The van der Waals surface area contributed by atoms with Crippen molar-refractivity contribution in [1.82, 2.24) is 9.97 Å². The van der Waals surface area contributed by atoms with Crippen molar-refractivity contribution < 1.29 is 9.59 Å². The first-order valence-electron chi connectivity index (χ1n) is 8.24. The zero-order valence-corrected chi connectivity index (χ0v) is 15.3. The highest BCUT2D eigenvalue weighted by atomic mass is 35.5. The van der Waals surface area contributed by atoms with E-state index >= 15 is 0 Å². The zero-order valence-electron chi connectivity index (χ0n) is 14.6. The van der Waals surface area contributed by atoms with Crippen molar-refractivity contribution in [3.05, 3.63) is 82.8 Å². The zero-order chi connectivity index (χ0) is 19.2. The highest BCUT2D eigenvalue weighted by Crippen LogP contribution is 2.14. The van der Waals surface area contributed by atoms with Crippen LogP contribution in [0.3, 0.4) is 0 Å². The van der Waals surface area contributed by atoms with Crippen LogP contribution in [0.4, 0.5) is 11.5 Å². The summed E-state index contributed by atoms with van der Waals surface area (Å²) in [5.41, 5.74) is 2.31. The van der Waals surface area contributed by atoms with Crippen LogP contribution in [-0.2, 0) is 6.54 Å². The molecule has 1 heterocycles. The maximum Gasteiger partial charge on any atom is 0.274 e. The lowest BCUT2D eigenvalue weighted by molar-refractivity contribution is 0.100. The van der Waals surface area contributed by atoms with Crippen LogP contribution < -0.4 is 10.6 Å². The molecule has 3 rings (SSSR count). The number of nitrogens with one attached hydrogen (secondary N) is 2. The highest BCUT2D eigenvalue weighted by molar-refractivity contribution is 6.30. The molecule has 0 atom stereocenters. The second kappa shape index (κ2) is 8.42. The molecule has 7 heteroatoms. The van der Waals surface area contributed by atoms with E-state index in [2.05, 4.69) is 20.6 Å². The number of aromatic nitrogens is 2. The third kappa shape index (κ3) is 5.12. The molecule has 0 aliphatic heterocycles. The number of rotatable bonds is 6. The second-order valence-corrected chi connectivity index (χ2v) is 6.30. The number of halogens is 1. The van der Waals surface area contributed by atoms with E-state index in [0.717, 1.165) is 5.56 Å². The van der Waals surface area contributed by atoms with Gasteiger partial charge in [0.1, 0.15) is 17.8 Å². The molecular formula is C20H17ClN4O2. The molecule has 0 saturated heterocycles. The van der Waals surface area contributed by atoms with Gasteiger partial charge in [-0.1, -0.05) is 35.9 Å². The lowest BCUT2D eigenvalue weighted by Crippen LogP contribution is -2.15. The third-order valence-corrected chi connectivity index (χ3v) is 4.07. The molecule has 0 spiro atoms. The average Bonchev–Trinajstić information content (AvgIpc) is 2.68. The van der Waals surface area contributed by atoms with E-state index in [1.54, 1.807) is 30.3 Å². The largest absolute Gasteiger partial charge is 0.366 e. The molecule has 0 radical (unpaired) electrons. The second-order valence-electron chi connectivity index (χ2n) is 5.86. The lowest BCUT2D eigenvalue weighted by atomic mass is 10.1. The molecule has 6 nitrogen and oxygen atoms in total. The van der Waals surface area contributed by atoms with Gasteiger partial charge in [0.25, 0.3) is 5.91 Å². The van der Waals surface area contributed by atoms with Crippen LogP contribution in [-0.4, -0.2) is 21.7 Å². The van der Waals surface area contributed by atoms with Gasteiger partial charge in [-0.15, -0.1) is 0 Å². The van der Waals surface area contributed by atoms with Crippen LogP contribution in [0.5, 0.6) is 0 Å². The first-order valence-corrected chi connectivity index (χ1v) is 8.62. The predicted octanol–water partition coefficient (Wildman–Crippen LogP) is 4.20. The Bertz CT molecular complexity index is 974. The highest BCUT2D eigenvalue weighted by Gasteiger charge is 2.10. The van der Waals surface area contributed by atoms with Gasteiger partial charge in [-0.2, -0.15) is 0 Å². The smallest absolute Gasteiger partial charge is 0.274 e. The third-order valence-electron chi connectivity index (χ3n) is 3.81. The quantitative estimate of drug-likeness (QED) is 0.626. The van der Waals surface area contributed by atoms with E-state index in [-0.39, 0.29) is 17.4 Å². The van der Waals surface area contributed by atoms with Gasteiger partial charge in [0.15, 0.2) is 5.78 Å². The van der Waals surface area contributed by atoms with Crippen molar-refractivity contribution in [3.63, 3.8) is 0 Å². The SMILES string of the molecule is CC(=O)c1cccc(NC(=O)c2cc(NCc3ccc(Cl)cc3)ncn2)c1. The first kappa shape index (κ1) is 18.5. The summed E-state index contributed by atoms with van der Waals surface area (Å²) in [4.78, 5) is 32.0. The summed E-state index contributed by atoms with van der Waals surface area (Å²) in [6, 6.07) is 15.8. The van der Waals surface area contributed by atoms with Gasteiger partial charge >= 0.3 is 0 Å². The first-order chi connectivity index (χ1) is 13.0. The number of benzene rings is 2. The van der Waals surface area contributed by atoms with Gasteiger partial charge in [0.05, 0.1) is 0 Å². The summed E-state index contributed by atoms with van der Waals surface area (Å²) < 4.78 is 0. The number of Topliss-reactive ketones (excluding diaryl/α,β-unsaturated/α-hetero) is 1. The minimum absolute atomic E-state index is 0.0678. The summed E-state index contributed by atoms with van der Waals surface area (Å²) in [5.74, 6) is 0.0806. The molecule has 27 heavy (non-hydrogen) atoms. The lowest BCUT2D eigenvalue weighted by Gasteiger charge is -2.08. The summed E-state index contributed by atoms with van der Waals surface area (Å²) in [7, 11) is 0. The van der Waals surface area contributed by atoms with Gasteiger partial charge in [-0.25, -0.2) is 9.97 Å². The van der Waals surface area contributed by atoms with Crippen LogP contribution >= 0.6 is 11.6 Å². The van der Waals surface area contributed by atoms with E-state index in [9.17, 15) is 9.59 Å². The summed E-state index contributed by atoms with van der Waals surface area (Å²) in [6.07, 6.45) is 1.32. The molecule has 0 bridgehead atoms. The fourth-order valence-corrected chi connectivity index (χ4v) is 2.51. The molecule has 2 N–H and O–H groups in total. The van der Waals surface area contributed by atoms with Crippen molar-refractivity contribution in [2.45, 2.75) is 13.5 Å². The summed E-state index contributed by atoms with van der Waals surface area (Å²) in [5, 5.41) is 6.56. The van der Waals surface area contributed by atoms with Crippen LogP contribution in [0.2, 0.25) is 5.02 Å². The van der Waals surface area contributed by atoms with E-state index in [0.29, 0.717) is 28.6 Å². The number of ketones is 1. The Morgan fingerprint density at radius 2 is 1.81 bits per heavy atom. The Labute approximate surface area is 161 Å². The van der Waals surface area contributed by atoms with Gasteiger partial charge in [0.2, 0.25) is 0 Å². The molecule has 1 amide bonds. The standard InChI is InChI=1S/C20H17ClN4O2/c1-13(26)15-3-2-4-17(9-15)25-20(27)18-10-19(24-12-23-18)22-11-14-5-7-16(21)8-6-14/h2-10,12H,11H2,1H3,(H,25,27)(H,22,23,24). The molecule has 0 aliphatic carbocycles. The van der Waals surface area contributed by atoms with Gasteiger partial charge in [-0.3, -0.25) is 9.59 Å². The summed E-state index contributed by atoms with van der Waals surface area (Å²) in [6.45, 7) is 2.01. The molecule has 2 aromatic carbocycles. The van der Waals surface area contributed by atoms with E-state index in [4.69, 9.17) is 11.6 Å². The number of nitrogens with zero attached hydrogens (tertiary/aromatic N) is 2. The monoisotopic (exact) mass is 380 g/mol. The van der Waals surface area contributed by atoms with E-state index in [1.807, 2.05) is 24.3 Å². The number of amides is 1. The number of carbonyl (C=O) groups excluding carboxylic acids is 2. The van der Waals surface area contributed by atoms with Gasteiger partial charge < -0.3 is 10.6 Å². The van der Waals surface area contributed by atoms with Crippen LogP contribution in [0, 0.1) is 0 Å². The fourth-order valence-electron chi connectivity index (χ4n) is 2.38. The number of hydrogen-bond acceptors (Lipinski definition) is 5. The van der Waals surface area contributed by atoms with Crippen LogP contribution in [0.25, 0.3) is 0 Å². The molecule has 0 fully saturated rings. The molecule has 0 unspecified atom stereocenters. The average molecular weight is 381 g/mol. The molecule has 3 aromatic rings. The molecule has 0 saturated carbocycles. The van der Waals surface area contributed by atoms with Crippen LogP contribution in [0.1, 0.15) is 33.3 Å². The Morgan fingerprint density at radius 3 is 2.56 bits per heavy atom. The normalized spacial score (nSPS) is 10.3. The fraction of sp³-hybridized carbons (Fsp3) is 0.100. The van der Waals surface area contributed by atoms with Crippen molar-refractivity contribution in [3.8, 4) is 0 Å². The topological polar surface area (TPSA) is 84.0 Å². The summed E-state index contributed by atoms with van der Waals surface area (Å²) >= 11 is 5.87. The van der Waals surface area contributed by atoms with Crippen LogP contribution in [0.15, 0.2) is 60.9 Å². The number of carbonyl (C=O) groups is 2. The van der Waals surface area contributed by atoms with E-state index < -0.39 is 0 Å². The number of anilines is 2. The molecule has 136 valence electrons.